The van der Waals surface area contributed by atoms with Crippen LogP contribution in [0.3, 0.4) is 0 Å². The molecule has 0 aliphatic carbocycles. The second kappa shape index (κ2) is 6.90. The van der Waals surface area contributed by atoms with E-state index in [1.165, 1.54) is 11.3 Å². The number of likely N-dealkylation sites (tertiary alicyclic amines) is 1. The molecule has 2 heterocycles. The number of hydrogen-bond donors (Lipinski definition) is 1. The van der Waals surface area contributed by atoms with E-state index in [0.717, 1.165) is 31.6 Å². The summed E-state index contributed by atoms with van der Waals surface area (Å²) >= 11 is 13.2. The van der Waals surface area contributed by atoms with Gasteiger partial charge in [0.05, 0.1) is 9.90 Å². The lowest BCUT2D eigenvalue weighted by molar-refractivity contribution is 0.0719. The number of benzene rings is 1. The van der Waals surface area contributed by atoms with Crippen molar-refractivity contribution in [2.24, 2.45) is 0 Å². The van der Waals surface area contributed by atoms with Crippen molar-refractivity contribution in [1.29, 1.82) is 0 Å². The summed E-state index contributed by atoms with van der Waals surface area (Å²) in [5, 5.41) is 3.51. The van der Waals surface area contributed by atoms with Gasteiger partial charge in [-0.2, -0.15) is 0 Å². The van der Waals surface area contributed by atoms with Gasteiger partial charge in [-0.3, -0.25) is 4.79 Å². The van der Waals surface area contributed by atoms with Crippen LogP contribution in [0.15, 0.2) is 36.4 Å². The summed E-state index contributed by atoms with van der Waals surface area (Å²) in [5.41, 5.74) is 1.64. The Morgan fingerprint density at radius 3 is 2.45 bits per heavy atom. The van der Waals surface area contributed by atoms with Crippen LogP contribution in [0, 0.1) is 0 Å². The number of thiophene rings is 1. The van der Waals surface area contributed by atoms with Gasteiger partial charge in [-0.1, -0.05) is 41.4 Å². The highest BCUT2D eigenvalue weighted by Crippen LogP contribution is 2.32. The third-order valence-electron chi connectivity index (χ3n) is 3.81. The second-order valence-electron chi connectivity index (χ2n) is 5.31. The summed E-state index contributed by atoms with van der Waals surface area (Å²) in [6.45, 7) is 1.46. The van der Waals surface area contributed by atoms with Gasteiger partial charge >= 0.3 is 0 Å². The average Bonchev–Trinajstić information content (AvgIpc) is 2.87. The summed E-state index contributed by atoms with van der Waals surface area (Å²) in [7, 11) is 0. The minimum absolute atomic E-state index is 0.0219. The van der Waals surface area contributed by atoms with Crippen molar-refractivity contribution in [2.75, 3.05) is 18.4 Å². The Labute approximate surface area is 143 Å². The van der Waals surface area contributed by atoms with Gasteiger partial charge in [-0.05, 0) is 31.0 Å². The number of anilines is 1. The molecule has 1 N–H and O–H groups in total. The number of nitrogens with one attached hydrogen (secondary N) is 1. The molecule has 1 aliphatic rings. The van der Waals surface area contributed by atoms with Crippen LogP contribution in [-0.2, 0) is 0 Å². The third kappa shape index (κ3) is 3.57. The van der Waals surface area contributed by atoms with Crippen molar-refractivity contribution in [3.8, 4) is 0 Å². The van der Waals surface area contributed by atoms with Crippen molar-refractivity contribution in [2.45, 2.75) is 18.9 Å². The average molecular weight is 355 g/mol. The predicted octanol–water partition coefficient (Wildman–Crippen LogP) is 4.77. The van der Waals surface area contributed by atoms with Gasteiger partial charge < -0.3 is 10.2 Å². The highest BCUT2D eigenvalue weighted by atomic mass is 35.5. The Bertz CT molecular complexity index is 651. The summed E-state index contributed by atoms with van der Waals surface area (Å²) in [6.07, 6.45) is 1.85. The van der Waals surface area contributed by atoms with Crippen LogP contribution in [0.2, 0.25) is 8.67 Å². The van der Waals surface area contributed by atoms with Crippen LogP contribution >= 0.6 is 34.5 Å². The van der Waals surface area contributed by atoms with Gasteiger partial charge in [-0.25, -0.2) is 0 Å². The molecule has 1 aromatic heterocycles. The second-order valence-corrected chi connectivity index (χ2v) is 7.60. The van der Waals surface area contributed by atoms with Crippen LogP contribution in [0.1, 0.15) is 23.2 Å². The first-order valence-electron chi connectivity index (χ1n) is 7.19. The summed E-state index contributed by atoms with van der Waals surface area (Å²) < 4.78 is 1.02. The molecule has 116 valence electrons. The number of hydrogen-bond acceptors (Lipinski definition) is 3. The molecular weight excluding hydrogens is 339 g/mol. The molecule has 22 heavy (non-hydrogen) atoms. The van der Waals surface area contributed by atoms with Crippen LogP contribution < -0.4 is 5.32 Å². The largest absolute Gasteiger partial charge is 0.382 e. The highest BCUT2D eigenvalue weighted by molar-refractivity contribution is 7.20. The standard InChI is InChI=1S/C16H16Cl2N2OS/c17-14-10-13(15(18)22-14)16(21)20-8-6-12(7-9-20)19-11-4-2-1-3-5-11/h1-5,10,12,19H,6-9H2. The molecule has 0 radical (unpaired) electrons. The van der Waals surface area contributed by atoms with Gasteiger partial charge in [0.1, 0.15) is 4.34 Å². The first-order chi connectivity index (χ1) is 10.6. The molecule has 1 amide bonds. The Morgan fingerprint density at radius 2 is 1.86 bits per heavy atom. The zero-order valence-electron chi connectivity index (χ0n) is 11.9. The van der Waals surface area contributed by atoms with Crippen molar-refractivity contribution in [3.63, 3.8) is 0 Å². The van der Waals surface area contributed by atoms with Gasteiger partial charge in [-0.15, -0.1) is 11.3 Å². The fraction of sp³-hybridized carbons (Fsp3) is 0.312. The fourth-order valence-corrected chi connectivity index (χ4v) is 4.10. The van der Waals surface area contributed by atoms with E-state index in [9.17, 15) is 4.79 Å². The number of carbonyl (C=O) groups is 1. The van der Waals surface area contributed by atoms with Crippen LogP contribution in [0.25, 0.3) is 0 Å². The molecule has 3 nitrogen and oxygen atoms in total. The lowest BCUT2D eigenvalue weighted by Crippen LogP contribution is -2.42. The molecule has 0 bridgehead atoms. The van der Waals surface area contributed by atoms with Gasteiger partial charge in [0.2, 0.25) is 0 Å². The minimum Gasteiger partial charge on any atom is -0.382 e. The zero-order valence-corrected chi connectivity index (χ0v) is 14.2. The first kappa shape index (κ1) is 15.7. The quantitative estimate of drug-likeness (QED) is 0.860. The maximum atomic E-state index is 12.5. The fourth-order valence-electron chi connectivity index (χ4n) is 2.65. The maximum absolute atomic E-state index is 12.5. The Kier molecular flexibility index (Phi) is 4.91. The number of halogens is 2. The number of piperidine rings is 1. The van der Waals surface area contributed by atoms with Crippen molar-refractivity contribution < 1.29 is 4.79 Å². The first-order valence-corrected chi connectivity index (χ1v) is 8.76. The monoisotopic (exact) mass is 354 g/mol. The van der Waals surface area contributed by atoms with Gasteiger partial charge in [0, 0.05) is 24.8 Å². The topological polar surface area (TPSA) is 32.3 Å². The van der Waals surface area contributed by atoms with E-state index in [1.807, 2.05) is 23.1 Å². The minimum atomic E-state index is -0.0219. The summed E-state index contributed by atoms with van der Waals surface area (Å²) in [4.78, 5) is 14.3. The molecule has 0 saturated carbocycles. The molecule has 1 aromatic carbocycles. The van der Waals surface area contributed by atoms with E-state index in [2.05, 4.69) is 17.4 Å². The summed E-state index contributed by atoms with van der Waals surface area (Å²) in [5.74, 6) is -0.0219. The SMILES string of the molecule is O=C(c1cc(Cl)sc1Cl)N1CCC(Nc2ccccc2)CC1. The highest BCUT2D eigenvalue weighted by Gasteiger charge is 2.25. The summed E-state index contributed by atoms with van der Waals surface area (Å²) in [6, 6.07) is 12.2. The van der Waals surface area contributed by atoms with E-state index >= 15 is 0 Å². The van der Waals surface area contributed by atoms with Crippen LogP contribution in [0.5, 0.6) is 0 Å². The molecule has 0 unspecified atom stereocenters. The van der Waals surface area contributed by atoms with Gasteiger partial charge in [0.25, 0.3) is 5.91 Å². The van der Waals surface area contributed by atoms with Gasteiger partial charge in [0.15, 0.2) is 0 Å². The van der Waals surface area contributed by atoms with E-state index in [4.69, 9.17) is 23.2 Å². The number of amides is 1. The molecule has 6 heteroatoms. The van der Waals surface area contributed by atoms with Crippen LogP contribution in [-0.4, -0.2) is 29.9 Å². The lowest BCUT2D eigenvalue weighted by Gasteiger charge is -2.32. The molecule has 1 saturated heterocycles. The lowest BCUT2D eigenvalue weighted by atomic mass is 10.0. The maximum Gasteiger partial charge on any atom is 0.256 e. The molecular formula is C16H16Cl2N2OS. The number of para-hydroxylation sites is 1. The van der Waals surface area contributed by atoms with E-state index in [-0.39, 0.29) is 5.91 Å². The van der Waals surface area contributed by atoms with Crippen LogP contribution in [0.4, 0.5) is 5.69 Å². The van der Waals surface area contributed by atoms with Crippen molar-refractivity contribution >= 4 is 46.1 Å². The molecule has 0 atom stereocenters. The Morgan fingerprint density at radius 1 is 1.18 bits per heavy atom. The number of nitrogens with zero attached hydrogens (tertiary/aromatic N) is 1. The van der Waals surface area contributed by atoms with Crippen molar-refractivity contribution in [3.05, 3.63) is 50.6 Å². The Hall–Kier alpha value is -1.23. The molecule has 1 aliphatic heterocycles. The van der Waals surface area contributed by atoms with E-state index in [1.54, 1.807) is 6.07 Å². The Balaban J connectivity index is 1.57. The molecule has 0 spiro atoms. The molecule has 3 rings (SSSR count). The van der Waals surface area contributed by atoms with E-state index in [0.29, 0.717) is 20.3 Å². The zero-order chi connectivity index (χ0) is 15.5. The number of carbonyl (C=O) groups excluding carboxylic acids is 1. The van der Waals surface area contributed by atoms with E-state index < -0.39 is 0 Å². The number of rotatable bonds is 3. The smallest absolute Gasteiger partial charge is 0.256 e. The molecule has 1 fully saturated rings. The van der Waals surface area contributed by atoms with Crippen molar-refractivity contribution in [1.82, 2.24) is 4.90 Å². The normalized spacial score (nSPS) is 15.8. The third-order valence-corrected chi connectivity index (χ3v) is 5.30. The predicted molar refractivity (Wildman–Crippen MR) is 93.3 cm³/mol. The molecule has 2 aromatic rings.